The minimum Gasteiger partial charge on any atom is -0.306 e. The molecule has 0 aliphatic rings. The van der Waals surface area contributed by atoms with Gasteiger partial charge in [0.15, 0.2) is 6.20 Å². The molecule has 0 radical (unpaired) electrons. The van der Waals surface area contributed by atoms with Gasteiger partial charge in [0.25, 0.3) is 0 Å². The predicted molar refractivity (Wildman–Crippen MR) is 126 cm³/mol. The molecule has 0 aliphatic heterocycles. The largest absolute Gasteiger partial charge is 0.306 e. The number of hydrogen-bond acceptors (Lipinski definition) is 1. The van der Waals surface area contributed by atoms with Crippen molar-refractivity contribution >= 4 is 59.6 Å². The molecule has 0 N–H and O–H groups in total. The maximum absolute atomic E-state index is 2.57. The Morgan fingerprint density at radius 3 is 2.59 bits per heavy atom. The van der Waals surface area contributed by atoms with E-state index in [0.29, 0.717) is 0 Å². The second-order valence-corrected chi connectivity index (χ2v) is 10.6. The second-order valence-electron chi connectivity index (χ2n) is 9.67. The maximum Gasteiger partial charge on any atom is 0.224 e. The van der Waals surface area contributed by atoms with Crippen LogP contribution in [0.4, 0.5) is 0 Å². The number of aromatic nitrogens is 2. The minimum atomic E-state index is 0.230. The highest BCUT2D eigenvalue weighted by molar-refractivity contribution is 7.18. The highest BCUT2D eigenvalue weighted by atomic mass is 32.1. The molecule has 2 nitrogen and oxygen atoms in total. The number of hydrogen-bond donors (Lipinski definition) is 0. The summed E-state index contributed by atoms with van der Waals surface area (Å²) in [5, 5.41) is 7.72. The second kappa shape index (κ2) is 5.48. The summed E-state index contributed by atoms with van der Waals surface area (Å²) in [6.45, 7) is 9.26. The molecular weight excluding hydrogens is 372 g/mol. The van der Waals surface area contributed by atoms with E-state index in [1.807, 2.05) is 11.3 Å². The van der Waals surface area contributed by atoms with Gasteiger partial charge in [0, 0.05) is 11.5 Å². The van der Waals surface area contributed by atoms with Crippen LogP contribution in [-0.4, -0.2) is 4.40 Å². The lowest BCUT2D eigenvalue weighted by atomic mass is 9.86. The van der Waals surface area contributed by atoms with E-state index >= 15 is 0 Å². The molecule has 0 aliphatic carbocycles. The zero-order valence-corrected chi connectivity index (χ0v) is 18.4. The van der Waals surface area contributed by atoms with Crippen molar-refractivity contribution in [2.24, 2.45) is 12.5 Å². The van der Waals surface area contributed by atoms with Crippen LogP contribution in [0.15, 0.2) is 48.0 Å². The number of nitrogens with zero attached hydrogens (tertiary/aromatic N) is 2. The Bertz CT molecular complexity index is 1570. The van der Waals surface area contributed by atoms with Gasteiger partial charge in [-0.05, 0) is 46.7 Å². The van der Waals surface area contributed by atoms with E-state index in [4.69, 9.17) is 0 Å². The number of aryl methyl sites for hydroxylation is 2. The van der Waals surface area contributed by atoms with Crippen LogP contribution in [0.1, 0.15) is 31.9 Å². The van der Waals surface area contributed by atoms with E-state index in [2.05, 4.69) is 91.7 Å². The molecule has 0 atom stereocenters. The fourth-order valence-electron chi connectivity index (χ4n) is 5.19. The lowest BCUT2D eigenvalue weighted by Gasteiger charge is -2.21. The van der Waals surface area contributed by atoms with Crippen molar-refractivity contribution < 1.29 is 4.57 Å². The zero-order chi connectivity index (χ0) is 20.1. The molecule has 4 heterocycles. The van der Waals surface area contributed by atoms with Crippen LogP contribution in [0.3, 0.4) is 0 Å². The molecular formula is C26H25N2S+. The van der Waals surface area contributed by atoms with Crippen LogP contribution in [0.2, 0.25) is 0 Å². The van der Waals surface area contributed by atoms with Gasteiger partial charge >= 0.3 is 0 Å². The predicted octanol–water partition coefficient (Wildman–Crippen LogP) is 6.77. The summed E-state index contributed by atoms with van der Waals surface area (Å²) in [7, 11) is 2.19. The number of thiophene rings is 1. The normalized spacial score (nSPS) is 13.1. The Morgan fingerprint density at radius 2 is 1.79 bits per heavy atom. The van der Waals surface area contributed by atoms with E-state index in [1.165, 1.54) is 59.4 Å². The van der Waals surface area contributed by atoms with E-state index < -0.39 is 0 Å². The Labute approximate surface area is 174 Å². The van der Waals surface area contributed by atoms with Crippen molar-refractivity contribution in [2.45, 2.75) is 34.1 Å². The van der Waals surface area contributed by atoms with Crippen LogP contribution < -0.4 is 4.57 Å². The highest BCUT2D eigenvalue weighted by Crippen LogP contribution is 2.43. The zero-order valence-electron chi connectivity index (χ0n) is 17.6. The Hall–Kier alpha value is -2.65. The van der Waals surface area contributed by atoms with Crippen LogP contribution in [0.25, 0.3) is 48.3 Å². The molecule has 3 heteroatoms. The van der Waals surface area contributed by atoms with Gasteiger partial charge in [-0.1, -0.05) is 45.0 Å². The summed E-state index contributed by atoms with van der Waals surface area (Å²) in [6.07, 6.45) is 3.27. The van der Waals surface area contributed by atoms with E-state index in [-0.39, 0.29) is 5.41 Å². The Kier molecular flexibility index (Phi) is 3.26. The quantitative estimate of drug-likeness (QED) is 0.164. The molecule has 0 bridgehead atoms. The fourth-order valence-corrected chi connectivity index (χ4v) is 6.10. The van der Waals surface area contributed by atoms with E-state index in [0.717, 1.165) is 6.42 Å². The summed E-state index contributed by atoms with van der Waals surface area (Å²) < 4.78 is 6.29. The summed E-state index contributed by atoms with van der Waals surface area (Å²) >= 11 is 1.86. The molecule has 4 aromatic heterocycles. The first-order valence-corrected chi connectivity index (χ1v) is 11.2. The van der Waals surface area contributed by atoms with Gasteiger partial charge < -0.3 is 4.40 Å². The molecule has 6 rings (SSSR count). The first kappa shape index (κ1) is 17.2. The van der Waals surface area contributed by atoms with E-state index in [1.54, 1.807) is 0 Å². The molecule has 6 aromatic rings. The van der Waals surface area contributed by atoms with E-state index in [9.17, 15) is 0 Å². The standard InChI is InChI=1S/C26H25N2S/c1-15-6-9-18-23-20(15)24-21-16(10-12-27(24)5)7-8-17(14-26(2,3)4)22(21)28(23)19-11-13-29-25(18)19/h6-13H,14H2,1-5H3/q+1. The van der Waals surface area contributed by atoms with Crippen molar-refractivity contribution in [1.82, 2.24) is 4.40 Å². The van der Waals surface area contributed by atoms with Crippen molar-refractivity contribution in [3.8, 4) is 0 Å². The highest BCUT2D eigenvalue weighted by Gasteiger charge is 2.26. The lowest BCUT2D eigenvalue weighted by Crippen LogP contribution is -2.29. The summed E-state index contributed by atoms with van der Waals surface area (Å²) in [5.74, 6) is 0. The van der Waals surface area contributed by atoms with Gasteiger partial charge in [-0.15, -0.1) is 11.3 Å². The molecule has 0 spiro atoms. The van der Waals surface area contributed by atoms with Crippen LogP contribution in [0.5, 0.6) is 0 Å². The summed E-state index contributed by atoms with van der Waals surface area (Å²) in [6, 6.07) is 13.9. The van der Waals surface area contributed by atoms with Gasteiger partial charge in [-0.25, -0.2) is 4.57 Å². The third-order valence-electron chi connectivity index (χ3n) is 6.28. The average Bonchev–Trinajstić information content (AvgIpc) is 3.24. The average molecular weight is 398 g/mol. The molecule has 0 saturated heterocycles. The first-order valence-electron chi connectivity index (χ1n) is 10.3. The third kappa shape index (κ3) is 2.20. The van der Waals surface area contributed by atoms with Crippen LogP contribution in [0, 0.1) is 12.3 Å². The Morgan fingerprint density at radius 1 is 0.966 bits per heavy atom. The summed E-state index contributed by atoms with van der Waals surface area (Å²) in [4.78, 5) is 0. The van der Waals surface area contributed by atoms with Crippen molar-refractivity contribution in [3.05, 3.63) is 59.1 Å². The van der Waals surface area contributed by atoms with Crippen molar-refractivity contribution in [3.63, 3.8) is 0 Å². The molecule has 144 valence electrons. The molecule has 2 aromatic carbocycles. The van der Waals surface area contributed by atoms with Crippen molar-refractivity contribution in [2.75, 3.05) is 0 Å². The SMILES string of the molecule is Cc1ccc2c3sccc3n3c4c(CC(C)(C)C)ccc5cc[n+](C)c(c1c23)c54. The fraction of sp³-hybridized carbons (Fsp3) is 0.269. The molecule has 29 heavy (non-hydrogen) atoms. The van der Waals surface area contributed by atoms with Gasteiger partial charge in [0.05, 0.1) is 32.0 Å². The minimum absolute atomic E-state index is 0.230. The van der Waals surface area contributed by atoms with Gasteiger partial charge in [0.1, 0.15) is 7.05 Å². The number of fused-ring (bicyclic) bond motifs is 5. The maximum atomic E-state index is 2.57. The number of pyridine rings is 2. The van der Waals surface area contributed by atoms with Crippen molar-refractivity contribution in [1.29, 1.82) is 0 Å². The van der Waals surface area contributed by atoms with Crippen LogP contribution >= 0.6 is 11.3 Å². The Balaban J connectivity index is 2.04. The third-order valence-corrected chi connectivity index (χ3v) is 7.22. The van der Waals surface area contributed by atoms with Gasteiger partial charge in [-0.2, -0.15) is 0 Å². The molecule has 0 amide bonds. The smallest absolute Gasteiger partial charge is 0.224 e. The molecule has 0 unspecified atom stereocenters. The summed E-state index contributed by atoms with van der Waals surface area (Å²) in [5.41, 5.74) is 8.48. The lowest BCUT2D eigenvalue weighted by molar-refractivity contribution is -0.643. The van der Waals surface area contributed by atoms with Gasteiger partial charge in [0.2, 0.25) is 5.52 Å². The van der Waals surface area contributed by atoms with Gasteiger partial charge in [-0.3, -0.25) is 0 Å². The molecule has 0 fully saturated rings. The monoisotopic (exact) mass is 397 g/mol. The molecule has 0 saturated carbocycles. The number of benzene rings is 2. The van der Waals surface area contributed by atoms with Crippen LogP contribution in [-0.2, 0) is 13.5 Å². The number of rotatable bonds is 1. The topological polar surface area (TPSA) is 8.29 Å². The first-order chi connectivity index (χ1) is 13.8.